The largest absolute Gasteiger partial charge is 0.457 e. The van der Waals surface area contributed by atoms with E-state index in [0.717, 1.165) is 27.7 Å². The second-order valence-corrected chi connectivity index (χ2v) is 8.13. The van der Waals surface area contributed by atoms with Gasteiger partial charge in [-0.2, -0.15) is 0 Å². The fourth-order valence-electron chi connectivity index (χ4n) is 3.04. The van der Waals surface area contributed by atoms with Crippen LogP contribution in [0.2, 0.25) is 0 Å². The number of nitrogens with one attached hydrogen (secondary N) is 1. The first-order chi connectivity index (χ1) is 15.1. The van der Waals surface area contributed by atoms with Crippen molar-refractivity contribution in [1.29, 1.82) is 0 Å². The van der Waals surface area contributed by atoms with Crippen molar-refractivity contribution < 1.29 is 14.1 Å². The molecule has 0 saturated carbocycles. The van der Waals surface area contributed by atoms with Crippen molar-refractivity contribution in [2.75, 3.05) is 5.32 Å². The molecule has 0 aliphatic heterocycles. The molecule has 0 aliphatic rings. The highest BCUT2D eigenvalue weighted by molar-refractivity contribution is 7.98. The topological polar surface area (TPSA) is 64.4 Å². The Morgan fingerprint density at radius 3 is 2.52 bits per heavy atom. The molecule has 1 heterocycles. The molecule has 1 aromatic heterocycles. The van der Waals surface area contributed by atoms with Gasteiger partial charge in [-0.25, -0.2) is 0 Å². The molecule has 4 rings (SSSR count). The Balaban J connectivity index is 1.41. The van der Waals surface area contributed by atoms with E-state index in [1.165, 1.54) is 0 Å². The molecule has 0 atom stereocenters. The fourth-order valence-corrected chi connectivity index (χ4v) is 3.97. The molecule has 4 aromatic rings. The lowest BCUT2D eigenvalue weighted by Crippen LogP contribution is -2.12. The van der Waals surface area contributed by atoms with Gasteiger partial charge in [-0.1, -0.05) is 29.4 Å². The quantitative estimate of drug-likeness (QED) is 0.333. The molecular weight excluding hydrogens is 408 g/mol. The molecule has 0 bridgehead atoms. The van der Waals surface area contributed by atoms with Gasteiger partial charge >= 0.3 is 0 Å². The molecule has 0 unspecified atom stereocenters. The number of anilines is 1. The zero-order valence-electron chi connectivity index (χ0n) is 17.3. The lowest BCUT2D eigenvalue weighted by Gasteiger charge is -2.11. The van der Waals surface area contributed by atoms with E-state index in [4.69, 9.17) is 9.26 Å². The van der Waals surface area contributed by atoms with Crippen LogP contribution in [0.4, 0.5) is 5.69 Å². The first-order valence-corrected chi connectivity index (χ1v) is 10.9. The molecule has 1 amide bonds. The maximum Gasteiger partial charge on any atom is 0.256 e. The van der Waals surface area contributed by atoms with Crippen molar-refractivity contribution in [2.24, 2.45) is 0 Å². The Morgan fingerprint density at radius 1 is 0.968 bits per heavy atom. The summed E-state index contributed by atoms with van der Waals surface area (Å²) in [4.78, 5) is 13.8. The summed E-state index contributed by atoms with van der Waals surface area (Å²) in [5.74, 6) is 2.74. The lowest BCUT2D eigenvalue weighted by molar-refractivity contribution is 0.102. The first kappa shape index (κ1) is 20.8. The van der Waals surface area contributed by atoms with Gasteiger partial charge < -0.3 is 14.6 Å². The van der Waals surface area contributed by atoms with Crippen LogP contribution in [0.25, 0.3) is 0 Å². The predicted octanol–water partition coefficient (Wildman–Crippen LogP) is 6.63. The zero-order chi connectivity index (χ0) is 21.6. The smallest absolute Gasteiger partial charge is 0.256 e. The number of amides is 1. The van der Waals surface area contributed by atoms with Crippen molar-refractivity contribution in [1.82, 2.24) is 5.16 Å². The molecule has 0 spiro atoms. The second kappa shape index (κ2) is 9.53. The normalized spacial score (nSPS) is 10.6. The fraction of sp³-hybridized carbons (Fsp3) is 0.120. The van der Waals surface area contributed by atoms with E-state index in [9.17, 15) is 4.79 Å². The highest BCUT2D eigenvalue weighted by Crippen LogP contribution is 2.28. The number of carbonyl (C=O) groups is 1. The van der Waals surface area contributed by atoms with E-state index in [1.54, 1.807) is 11.8 Å². The minimum Gasteiger partial charge on any atom is -0.457 e. The van der Waals surface area contributed by atoms with Crippen LogP contribution in [-0.2, 0) is 5.75 Å². The number of hydrogen-bond donors (Lipinski definition) is 1. The van der Waals surface area contributed by atoms with Crippen LogP contribution in [0, 0.1) is 13.8 Å². The van der Waals surface area contributed by atoms with E-state index in [2.05, 4.69) is 10.5 Å². The Bertz CT molecular complexity index is 1190. The van der Waals surface area contributed by atoms with E-state index in [0.29, 0.717) is 22.8 Å². The average molecular weight is 431 g/mol. The highest BCUT2D eigenvalue weighted by Gasteiger charge is 2.13. The molecule has 1 N–H and O–H groups in total. The molecule has 31 heavy (non-hydrogen) atoms. The third kappa shape index (κ3) is 5.55. The van der Waals surface area contributed by atoms with E-state index in [-0.39, 0.29) is 5.91 Å². The van der Waals surface area contributed by atoms with Crippen molar-refractivity contribution in [2.45, 2.75) is 24.5 Å². The van der Waals surface area contributed by atoms with Crippen molar-refractivity contribution in [3.8, 4) is 11.5 Å². The minimum atomic E-state index is -0.160. The number of aryl methyl sites for hydroxylation is 2. The van der Waals surface area contributed by atoms with E-state index in [1.807, 2.05) is 92.7 Å². The Morgan fingerprint density at radius 2 is 1.77 bits per heavy atom. The Kier molecular flexibility index (Phi) is 6.38. The van der Waals surface area contributed by atoms with Crippen LogP contribution in [0.15, 0.2) is 88.3 Å². The number of benzene rings is 3. The summed E-state index contributed by atoms with van der Waals surface area (Å²) in [6.45, 7) is 3.88. The standard InChI is InChI=1S/C25H22N2O3S/c1-17-6-5-7-22(14-17)29-21-12-10-19(11-13-21)26-25(28)23-8-3-4-9-24(23)31-16-20-15-18(2)30-27-20/h3-15H,16H2,1-2H3,(H,26,28). The SMILES string of the molecule is Cc1cccc(Oc2ccc(NC(=O)c3ccccc3SCc3cc(C)on3)cc2)c1. The third-order valence-electron chi connectivity index (χ3n) is 4.52. The van der Waals surface area contributed by atoms with Crippen molar-refractivity contribution in [3.63, 3.8) is 0 Å². The number of thioether (sulfide) groups is 1. The van der Waals surface area contributed by atoms with Gasteiger partial charge in [-0.15, -0.1) is 11.8 Å². The van der Waals surface area contributed by atoms with Gasteiger partial charge in [0.25, 0.3) is 5.91 Å². The van der Waals surface area contributed by atoms with Gasteiger partial charge in [-0.3, -0.25) is 4.79 Å². The van der Waals surface area contributed by atoms with Crippen LogP contribution in [0.3, 0.4) is 0 Å². The summed E-state index contributed by atoms with van der Waals surface area (Å²) in [6.07, 6.45) is 0. The molecule has 156 valence electrons. The summed E-state index contributed by atoms with van der Waals surface area (Å²) in [5, 5.41) is 6.97. The van der Waals surface area contributed by atoms with Crippen LogP contribution in [0.5, 0.6) is 11.5 Å². The van der Waals surface area contributed by atoms with Gasteiger partial charge in [-0.05, 0) is 67.9 Å². The summed E-state index contributed by atoms with van der Waals surface area (Å²) in [6, 6.07) is 24.6. The summed E-state index contributed by atoms with van der Waals surface area (Å²) >= 11 is 1.55. The molecule has 3 aromatic carbocycles. The maximum atomic E-state index is 12.9. The lowest BCUT2D eigenvalue weighted by atomic mass is 10.2. The number of hydrogen-bond acceptors (Lipinski definition) is 5. The first-order valence-electron chi connectivity index (χ1n) is 9.87. The molecule has 0 fully saturated rings. The number of aromatic nitrogens is 1. The van der Waals surface area contributed by atoms with E-state index < -0.39 is 0 Å². The number of rotatable bonds is 7. The molecule has 6 heteroatoms. The minimum absolute atomic E-state index is 0.160. The predicted molar refractivity (Wildman–Crippen MR) is 123 cm³/mol. The summed E-state index contributed by atoms with van der Waals surface area (Å²) in [7, 11) is 0. The van der Waals surface area contributed by atoms with E-state index >= 15 is 0 Å². The second-order valence-electron chi connectivity index (χ2n) is 7.11. The van der Waals surface area contributed by atoms with Crippen LogP contribution < -0.4 is 10.1 Å². The van der Waals surface area contributed by atoms with Gasteiger partial charge in [0, 0.05) is 22.4 Å². The third-order valence-corrected chi connectivity index (χ3v) is 5.63. The molecule has 0 saturated heterocycles. The van der Waals surface area contributed by atoms with Crippen LogP contribution >= 0.6 is 11.8 Å². The van der Waals surface area contributed by atoms with Gasteiger partial charge in [0.1, 0.15) is 17.3 Å². The number of nitrogens with zero attached hydrogens (tertiary/aromatic N) is 1. The van der Waals surface area contributed by atoms with Crippen LogP contribution in [0.1, 0.15) is 27.4 Å². The average Bonchev–Trinajstić information content (AvgIpc) is 3.19. The van der Waals surface area contributed by atoms with Crippen molar-refractivity contribution in [3.05, 3.63) is 101 Å². The van der Waals surface area contributed by atoms with Crippen molar-refractivity contribution >= 4 is 23.4 Å². The molecule has 0 radical (unpaired) electrons. The summed E-state index contributed by atoms with van der Waals surface area (Å²) in [5.41, 5.74) is 3.31. The van der Waals surface area contributed by atoms with Gasteiger partial charge in [0.15, 0.2) is 0 Å². The highest BCUT2D eigenvalue weighted by atomic mass is 32.2. The van der Waals surface area contributed by atoms with Gasteiger partial charge in [0.05, 0.1) is 11.3 Å². The monoisotopic (exact) mass is 430 g/mol. The number of ether oxygens (including phenoxy) is 1. The Labute approximate surface area is 185 Å². The summed E-state index contributed by atoms with van der Waals surface area (Å²) < 4.78 is 11.0. The van der Waals surface area contributed by atoms with Gasteiger partial charge in [0.2, 0.25) is 0 Å². The molecule has 5 nitrogen and oxygen atoms in total. The zero-order valence-corrected chi connectivity index (χ0v) is 18.1. The maximum absolute atomic E-state index is 12.9. The van der Waals surface area contributed by atoms with Crippen LogP contribution in [-0.4, -0.2) is 11.1 Å². The Hall–Kier alpha value is -3.51. The number of carbonyl (C=O) groups excluding carboxylic acids is 1. The molecular formula is C25H22N2O3S. The molecule has 0 aliphatic carbocycles.